The standard InChI is InChI=1S/C12H15FN2O5S/c1-7-6-8(13)2-4-10(7)21(19,20)15-9(12(17)18)3-5-11(14)16/h2,4,6,9,15H,3,5H2,1H3,(H2,14,16)(H,17,18)/t9-/m1/s1. The summed E-state index contributed by atoms with van der Waals surface area (Å²) in [6.07, 6.45) is -0.550. The van der Waals surface area contributed by atoms with Crippen LogP contribution in [0.1, 0.15) is 18.4 Å². The van der Waals surface area contributed by atoms with E-state index in [1.54, 1.807) is 0 Å². The van der Waals surface area contributed by atoms with Crippen LogP contribution in [-0.4, -0.2) is 31.4 Å². The van der Waals surface area contributed by atoms with E-state index in [0.717, 1.165) is 18.2 Å². The summed E-state index contributed by atoms with van der Waals surface area (Å²) < 4.78 is 39.2. The quantitative estimate of drug-likeness (QED) is 0.658. The SMILES string of the molecule is Cc1cc(F)ccc1S(=O)(=O)N[C@H](CCC(N)=O)C(=O)O. The molecular weight excluding hydrogens is 303 g/mol. The molecule has 4 N–H and O–H groups in total. The fourth-order valence-corrected chi connectivity index (χ4v) is 3.13. The third-order valence-corrected chi connectivity index (χ3v) is 4.33. The second-order valence-corrected chi connectivity index (χ2v) is 6.11. The molecule has 0 aromatic heterocycles. The lowest BCUT2D eigenvalue weighted by atomic mass is 10.2. The van der Waals surface area contributed by atoms with Crippen molar-refractivity contribution in [2.45, 2.75) is 30.7 Å². The lowest BCUT2D eigenvalue weighted by Gasteiger charge is -2.15. The second kappa shape index (κ2) is 6.64. The molecule has 0 bridgehead atoms. The molecule has 0 aliphatic rings. The predicted molar refractivity (Wildman–Crippen MR) is 71.3 cm³/mol. The minimum Gasteiger partial charge on any atom is -0.480 e. The molecule has 0 fully saturated rings. The van der Waals surface area contributed by atoms with E-state index in [1.807, 2.05) is 4.72 Å². The molecule has 0 unspecified atom stereocenters. The fraction of sp³-hybridized carbons (Fsp3) is 0.333. The summed E-state index contributed by atoms with van der Waals surface area (Å²) in [5.74, 6) is -2.77. The maximum atomic E-state index is 13.0. The van der Waals surface area contributed by atoms with Crippen molar-refractivity contribution < 1.29 is 27.5 Å². The molecule has 0 heterocycles. The third-order valence-electron chi connectivity index (χ3n) is 2.70. The number of nitrogens with two attached hydrogens (primary N) is 1. The maximum absolute atomic E-state index is 13.0. The molecule has 1 aromatic carbocycles. The number of rotatable bonds is 7. The molecule has 0 radical (unpaired) electrons. The first-order chi connectivity index (χ1) is 9.63. The Morgan fingerprint density at radius 1 is 1.43 bits per heavy atom. The Morgan fingerprint density at radius 2 is 2.05 bits per heavy atom. The predicted octanol–water partition coefficient (Wildman–Crippen LogP) is 0.131. The van der Waals surface area contributed by atoms with Gasteiger partial charge in [0, 0.05) is 6.42 Å². The van der Waals surface area contributed by atoms with Crippen LogP contribution in [0, 0.1) is 12.7 Å². The van der Waals surface area contributed by atoms with E-state index in [0.29, 0.717) is 0 Å². The van der Waals surface area contributed by atoms with E-state index in [2.05, 4.69) is 0 Å². The van der Waals surface area contributed by atoms with Crippen molar-refractivity contribution in [3.8, 4) is 0 Å². The summed E-state index contributed by atoms with van der Waals surface area (Å²) >= 11 is 0. The van der Waals surface area contributed by atoms with Crippen molar-refractivity contribution in [3.63, 3.8) is 0 Å². The summed E-state index contributed by atoms with van der Waals surface area (Å²) in [5.41, 5.74) is 5.05. The number of carbonyl (C=O) groups is 2. The minimum atomic E-state index is -4.15. The highest BCUT2D eigenvalue weighted by Gasteiger charge is 2.26. The van der Waals surface area contributed by atoms with Gasteiger partial charge in [0.1, 0.15) is 11.9 Å². The molecule has 1 amide bonds. The summed E-state index contributed by atoms with van der Waals surface area (Å²) in [6.45, 7) is 1.39. The van der Waals surface area contributed by atoms with E-state index < -0.39 is 33.8 Å². The zero-order chi connectivity index (χ0) is 16.2. The van der Waals surface area contributed by atoms with Gasteiger partial charge in [0.15, 0.2) is 0 Å². The van der Waals surface area contributed by atoms with Crippen molar-refractivity contribution in [3.05, 3.63) is 29.6 Å². The maximum Gasteiger partial charge on any atom is 0.321 e. The van der Waals surface area contributed by atoms with Gasteiger partial charge in [0.25, 0.3) is 0 Å². The molecule has 7 nitrogen and oxygen atoms in total. The van der Waals surface area contributed by atoms with Crippen LogP contribution in [0.4, 0.5) is 4.39 Å². The van der Waals surface area contributed by atoms with Gasteiger partial charge in [-0.25, -0.2) is 12.8 Å². The highest BCUT2D eigenvalue weighted by Crippen LogP contribution is 2.17. The number of benzene rings is 1. The Bertz CT molecular complexity index is 660. The first kappa shape index (κ1) is 17.1. The van der Waals surface area contributed by atoms with Gasteiger partial charge in [-0.15, -0.1) is 0 Å². The smallest absolute Gasteiger partial charge is 0.321 e. The molecule has 1 atom stereocenters. The molecule has 0 aliphatic heterocycles. The van der Waals surface area contributed by atoms with Gasteiger partial charge in [-0.3, -0.25) is 9.59 Å². The van der Waals surface area contributed by atoms with Crippen molar-refractivity contribution in [1.29, 1.82) is 0 Å². The van der Waals surface area contributed by atoms with Gasteiger partial charge in [-0.1, -0.05) is 0 Å². The number of hydrogen-bond acceptors (Lipinski definition) is 4. The number of primary amides is 1. The number of hydrogen-bond donors (Lipinski definition) is 3. The van der Waals surface area contributed by atoms with Crippen molar-refractivity contribution >= 4 is 21.9 Å². The van der Waals surface area contributed by atoms with Crippen LogP contribution in [0.3, 0.4) is 0 Å². The van der Waals surface area contributed by atoms with Gasteiger partial charge in [-0.05, 0) is 37.1 Å². The van der Waals surface area contributed by atoms with Gasteiger partial charge in [0.2, 0.25) is 15.9 Å². The van der Waals surface area contributed by atoms with Gasteiger partial charge >= 0.3 is 5.97 Å². The summed E-state index contributed by atoms with van der Waals surface area (Å²) in [6, 6.07) is 1.53. The Labute approximate surface area is 121 Å². The molecule has 0 saturated heterocycles. The molecule has 9 heteroatoms. The van der Waals surface area contributed by atoms with Crippen LogP contribution in [0.5, 0.6) is 0 Å². The molecule has 0 aliphatic carbocycles. The van der Waals surface area contributed by atoms with E-state index >= 15 is 0 Å². The van der Waals surface area contributed by atoms with E-state index in [9.17, 15) is 22.4 Å². The summed E-state index contributed by atoms with van der Waals surface area (Å²) in [4.78, 5) is 21.5. The average molecular weight is 318 g/mol. The lowest BCUT2D eigenvalue weighted by molar-refractivity contribution is -0.139. The van der Waals surface area contributed by atoms with Crippen LogP contribution < -0.4 is 10.5 Å². The third kappa shape index (κ3) is 4.80. The van der Waals surface area contributed by atoms with E-state index in [4.69, 9.17) is 10.8 Å². The zero-order valence-electron chi connectivity index (χ0n) is 11.2. The number of aryl methyl sites for hydroxylation is 1. The molecule has 116 valence electrons. The number of carboxylic acid groups (broad SMARTS) is 1. The number of carboxylic acids is 1. The van der Waals surface area contributed by atoms with Crippen LogP contribution >= 0.6 is 0 Å². The van der Waals surface area contributed by atoms with E-state index in [1.165, 1.54) is 6.92 Å². The van der Waals surface area contributed by atoms with Gasteiger partial charge in [-0.2, -0.15) is 4.72 Å². The molecule has 21 heavy (non-hydrogen) atoms. The number of carbonyl (C=O) groups excluding carboxylic acids is 1. The van der Waals surface area contributed by atoms with Gasteiger partial charge in [0.05, 0.1) is 4.90 Å². The van der Waals surface area contributed by atoms with Crippen LogP contribution in [0.2, 0.25) is 0 Å². The monoisotopic (exact) mass is 318 g/mol. The summed E-state index contributed by atoms with van der Waals surface area (Å²) in [7, 11) is -4.15. The highest BCUT2D eigenvalue weighted by molar-refractivity contribution is 7.89. The Balaban J connectivity index is 3.00. The number of halogens is 1. The Hall–Kier alpha value is -2.00. The molecule has 1 aromatic rings. The average Bonchev–Trinajstić information content (AvgIpc) is 2.33. The number of amides is 1. The normalized spacial score (nSPS) is 12.9. The number of nitrogens with one attached hydrogen (secondary N) is 1. The van der Waals surface area contributed by atoms with Crippen molar-refractivity contribution in [2.75, 3.05) is 0 Å². The molecule has 0 spiro atoms. The number of aliphatic carboxylic acids is 1. The van der Waals surface area contributed by atoms with Crippen LogP contribution in [0.25, 0.3) is 0 Å². The van der Waals surface area contributed by atoms with Crippen LogP contribution in [0.15, 0.2) is 23.1 Å². The first-order valence-corrected chi connectivity index (χ1v) is 7.41. The van der Waals surface area contributed by atoms with Crippen molar-refractivity contribution in [2.24, 2.45) is 5.73 Å². The van der Waals surface area contributed by atoms with Crippen LogP contribution in [-0.2, 0) is 19.6 Å². The molecular formula is C12H15FN2O5S. The molecule has 0 saturated carbocycles. The van der Waals surface area contributed by atoms with E-state index in [-0.39, 0.29) is 23.3 Å². The topological polar surface area (TPSA) is 127 Å². The zero-order valence-corrected chi connectivity index (χ0v) is 12.0. The largest absolute Gasteiger partial charge is 0.480 e. The number of sulfonamides is 1. The minimum absolute atomic E-state index is 0.140. The molecule has 1 rings (SSSR count). The lowest BCUT2D eigenvalue weighted by Crippen LogP contribution is -2.41. The fourth-order valence-electron chi connectivity index (χ4n) is 1.68. The Kier molecular flexibility index (Phi) is 5.39. The Morgan fingerprint density at radius 3 is 2.52 bits per heavy atom. The highest BCUT2D eigenvalue weighted by atomic mass is 32.2. The first-order valence-electron chi connectivity index (χ1n) is 5.93. The summed E-state index contributed by atoms with van der Waals surface area (Å²) in [5, 5.41) is 8.97. The van der Waals surface area contributed by atoms with Crippen molar-refractivity contribution in [1.82, 2.24) is 4.72 Å². The second-order valence-electron chi connectivity index (χ2n) is 4.43. The van der Waals surface area contributed by atoms with Gasteiger partial charge < -0.3 is 10.8 Å².